The molecule has 0 spiro atoms. The van der Waals surface area contributed by atoms with Crippen molar-refractivity contribution in [3.63, 3.8) is 0 Å². The molecule has 4 nitrogen and oxygen atoms in total. The summed E-state index contributed by atoms with van der Waals surface area (Å²) in [5, 5.41) is 6.46. The molecule has 1 heterocycles. The van der Waals surface area contributed by atoms with Gasteiger partial charge in [-0.15, -0.1) is 0 Å². The van der Waals surface area contributed by atoms with Gasteiger partial charge in [-0.1, -0.05) is 11.6 Å². The lowest BCUT2D eigenvalue weighted by molar-refractivity contribution is -0.142. The zero-order valence-corrected chi connectivity index (χ0v) is 10.7. The van der Waals surface area contributed by atoms with E-state index >= 15 is 0 Å². The molecule has 0 saturated heterocycles. The number of carbonyl (C=O) groups is 1. The fourth-order valence-corrected chi connectivity index (χ4v) is 1.63. The summed E-state index contributed by atoms with van der Waals surface area (Å²) in [5.41, 5.74) is 0.534. The highest BCUT2D eigenvalue weighted by Crippen LogP contribution is 2.18. The molecule has 0 bridgehead atoms. The Labute approximate surface area is 117 Å². The molecule has 0 saturated carbocycles. The van der Waals surface area contributed by atoms with Crippen molar-refractivity contribution in [1.82, 2.24) is 9.78 Å². The van der Waals surface area contributed by atoms with Crippen molar-refractivity contribution in [2.45, 2.75) is 12.7 Å². The van der Waals surface area contributed by atoms with Crippen molar-refractivity contribution in [2.75, 3.05) is 5.32 Å². The number of alkyl halides is 3. The topological polar surface area (TPSA) is 46.9 Å². The van der Waals surface area contributed by atoms with Gasteiger partial charge >= 0.3 is 6.18 Å². The van der Waals surface area contributed by atoms with Crippen LogP contribution in [0.2, 0.25) is 5.02 Å². The van der Waals surface area contributed by atoms with E-state index in [2.05, 4.69) is 10.4 Å². The summed E-state index contributed by atoms with van der Waals surface area (Å²) >= 11 is 5.69. The maximum absolute atomic E-state index is 12.2. The van der Waals surface area contributed by atoms with Crippen molar-refractivity contribution in [2.24, 2.45) is 0 Å². The van der Waals surface area contributed by atoms with E-state index in [4.69, 9.17) is 11.6 Å². The van der Waals surface area contributed by atoms with Gasteiger partial charge in [-0.25, -0.2) is 0 Å². The second-order valence-electron chi connectivity index (χ2n) is 4.00. The van der Waals surface area contributed by atoms with Gasteiger partial charge in [0.25, 0.3) is 5.91 Å². The van der Waals surface area contributed by atoms with Gasteiger partial charge in [0, 0.05) is 16.8 Å². The smallest absolute Gasteiger partial charge is 0.319 e. The van der Waals surface area contributed by atoms with Crippen molar-refractivity contribution in [1.29, 1.82) is 0 Å². The van der Waals surface area contributed by atoms with Crippen molar-refractivity contribution < 1.29 is 18.0 Å². The first-order chi connectivity index (χ1) is 9.33. The molecule has 20 heavy (non-hydrogen) atoms. The molecule has 1 aromatic heterocycles. The quantitative estimate of drug-likeness (QED) is 0.945. The van der Waals surface area contributed by atoms with Crippen LogP contribution >= 0.6 is 11.6 Å². The standard InChI is InChI=1S/C12H9ClF3N3O/c13-9-3-1-8(2-4-9)11(20)18-10-5-17-19(6-10)7-12(14,15)16/h1-6H,7H2,(H,18,20). The molecule has 2 aromatic rings. The van der Waals surface area contributed by atoms with Crippen LogP contribution in [0.5, 0.6) is 0 Å². The Balaban J connectivity index is 2.03. The number of hydrogen-bond donors (Lipinski definition) is 1. The number of benzene rings is 1. The van der Waals surface area contributed by atoms with Crippen LogP contribution in [0.4, 0.5) is 18.9 Å². The van der Waals surface area contributed by atoms with Gasteiger partial charge in [0.05, 0.1) is 11.9 Å². The molecule has 0 unspecified atom stereocenters. The number of nitrogens with one attached hydrogen (secondary N) is 1. The number of halogens is 4. The van der Waals surface area contributed by atoms with Crippen LogP contribution in [0.1, 0.15) is 10.4 Å². The van der Waals surface area contributed by atoms with E-state index in [1.54, 1.807) is 12.1 Å². The SMILES string of the molecule is O=C(Nc1cnn(CC(F)(F)F)c1)c1ccc(Cl)cc1. The predicted molar refractivity (Wildman–Crippen MR) is 67.7 cm³/mol. The van der Waals surface area contributed by atoms with Crippen LogP contribution in [0, 0.1) is 0 Å². The van der Waals surface area contributed by atoms with Gasteiger partial charge in [0.15, 0.2) is 0 Å². The molecule has 0 fully saturated rings. The number of anilines is 1. The van der Waals surface area contributed by atoms with Crippen LogP contribution in [0.3, 0.4) is 0 Å². The van der Waals surface area contributed by atoms with E-state index in [1.807, 2.05) is 0 Å². The zero-order valence-electron chi connectivity index (χ0n) is 9.99. The minimum atomic E-state index is -4.36. The Morgan fingerprint density at radius 1 is 1.30 bits per heavy atom. The summed E-state index contributed by atoms with van der Waals surface area (Å²) in [4.78, 5) is 11.8. The van der Waals surface area contributed by atoms with E-state index < -0.39 is 18.6 Å². The highest BCUT2D eigenvalue weighted by atomic mass is 35.5. The molecule has 8 heteroatoms. The Hall–Kier alpha value is -2.02. The predicted octanol–water partition coefficient (Wildman–Crippen LogP) is 3.35. The molecule has 1 aromatic carbocycles. The maximum atomic E-state index is 12.2. The highest BCUT2D eigenvalue weighted by Gasteiger charge is 2.28. The first kappa shape index (κ1) is 14.4. The Morgan fingerprint density at radius 2 is 1.95 bits per heavy atom. The van der Waals surface area contributed by atoms with Gasteiger partial charge in [-0.2, -0.15) is 18.3 Å². The van der Waals surface area contributed by atoms with Gasteiger partial charge in [-0.3, -0.25) is 9.48 Å². The molecule has 0 atom stereocenters. The number of hydrogen-bond acceptors (Lipinski definition) is 2. The van der Waals surface area contributed by atoms with Crippen molar-refractivity contribution >= 4 is 23.2 Å². The average Bonchev–Trinajstić information content (AvgIpc) is 2.74. The lowest BCUT2D eigenvalue weighted by Gasteiger charge is -2.05. The van der Waals surface area contributed by atoms with E-state index in [0.29, 0.717) is 15.3 Å². The minimum absolute atomic E-state index is 0.189. The van der Waals surface area contributed by atoms with E-state index in [9.17, 15) is 18.0 Å². The molecule has 0 aliphatic carbocycles. The van der Waals surface area contributed by atoms with Crippen LogP contribution < -0.4 is 5.32 Å². The number of rotatable bonds is 3. The normalized spacial score (nSPS) is 11.4. The molecule has 1 N–H and O–H groups in total. The fraction of sp³-hybridized carbons (Fsp3) is 0.167. The fourth-order valence-electron chi connectivity index (χ4n) is 1.50. The van der Waals surface area contributed by atoms with Crippen LogP contribution in [0.25, 0.3) is 0 Å². The van der Waals surface area contributed by atoms with E-state index in [1.165, 1.54) is 12.1 Å². The maximum Gasteiger partial charge on any atom is 0.408 e. The first-order valence-corrected chi connectivity index (χ1v) is 5.87. The van der Waals surface area contributed by atoms with Crippen molar-refractivity contribution in [3.8, 4) is 0 Å². The molecule has 1 amide bonds. The van der Waals surface area contributed by atoms with Crippen LogP contribution in [-0.4, -0.2) is 21.9 Å². The molecular formula is C12H9ClF3N3O. The molecule has 2 rings (SSSR count). The molecule has 0 radical (unpaired) electrons. The first-order valence-electron chi connectivity index (χ1n) is 5.49. The van der Waals surface area contributed by atoms with Gasteiger partial charge in [0.1, 0.15) is 6.54 Å². The third-order valence-corrected chi connectivity index (χ3v) is 2.59. The number of nitrogens with zero attached hydrogens (tertiary/aromatic N) is 2. The van der Waals surface area contributed by atoms with Crippen molar-refractivity contribution in [3.05, 3.63) is 47.2 Å². The number of carbonyl (C=O) groups excluding carboxylic acids is 1. The average molecular weight is 304 g/mol. The Bertz CT molecular complexity index is 607. The highest BCUT2D eigenvalue weighted by molar-refractivity contribution is 6.30. The lowest BCUT2D eigenvalue weighted by Crippen LogP contribution is -2.18. The molecule has 0 aliphatic rings. The van der Waals surface area contributed by atoms with Gasteiger partial charge in [0.2, 0.25) is 0 Å². The summed E-state index contributed by atoms with van der Waals surface area (Å²) in [6.45, 7) is -1.20. The van der Waals surface area contributed by atoms with Crippen LogP contribution in [-0.2, 0) is 6.54 Å². The summed E-state index contributed by atoms with van der Waals surface area (Å²) < 4.78 is 37.2. The summed E-state index contributed by atoms with van der Waals surface area (Å²) in [5.74, 6) is -0.451. The molecule has 106 valence electrons. The second-order valence-corrected chi connectivity index (χ2v) is 4.44. The number of aromatic nitrogens is 2. The monoisotopic (exact) mass is 303 g/mol. The third-order valence-electron chi connectivity index (χ3n) is 2.34. The summed E-state index contributed by atoms with van der Waals surface area (Å²) in [6, 6.07) is 6.11. The third kappa shape index (κ3) is 3.99. The largest absolute Gasteiger partial charge is 0.408 e. The molecular weight excluding hydrogens is 295 g/mol. The molecule has 0 aliphatic heterocycles. The lowest BCUT2D eigenvalue weighted by atomic mass is 10.2. The van der Waals surface area contributed by atoms with Gasteiger partial charge in [-0.05, 0) is 24.3 Å². The van der Waals surface area contributed by atoms with E-state index in [0.717, 1.165) is 12.4 Å². The van der Waals surface area contributed by atoms with E-state index in [-0.39, 0.29) is 5.69 Å². The minimum Gasteiger partial charge on any atom is -0.319 e. The Kier molecular flexibility index (Phi) is 3.99. The Morgan fingerprint density at radius 3 is 2.55 bits per heavy atom. The van der Waals surface area contributed by atoms with Crippen LogP contribution in [0.15, 0.2) is 36.7 Å². The summed E-state index contributed by atoms with van der Waals surface area (Å²) in [6.07, 6.45) is -2.09. The summed E-state index contributed by atoms with van der Waals surface area (Å²) in [7, 11) is 0. The van der Waals surface area contributed by atoms with Gasteiger partial charge < -0.3 is 5.32 Å². The second kappa shape index (κ2) is 5.54. The number of amides is 1. The zero-order chi connectivity index (χ0) is 14.8.